The number of hydrogen-bond donors (Lipinski definition) is 1. The van der Waals surface area contributed by atoms with Gasteiger partial charge in [-0.15, -0.1) is 0 Å². The van der Waals surface area contributed by atoms with E-state index in [2.05, 4.69) is 5.32 Å². The van der Waals surface area contributed by atoms with Crippen molar-refractivity contribution in [3.05, 3.63) is 101 Å². The Hall–Kier alpha value is -3.47. The first-order valence-electron chi connectivity index (χ1n) is 10.4. The third-order valence-electron chi connectivity index (χ3n) is 5.21. The number of rotatable bonds is 8. The highest BCUT2D eigenvalue weighted by Crippen LogP contribution is 2.26. The summed E-state index contributed by atoms with van der Waals surface area (Å²) in [4.78, 5) is 26.5. The maximum Gasteiger partial charge on any atom is 0.223 e. The number of carbonyl (C=O) groups is 2. The molecule has 0 aromatic heterocycles. The van der Waals surface area contributed by atoms with E-state index in [0.717, 1.165) is 16.7 Å². The summed E-state index contributed by atoms with van der Waals surface area (Å²) in [5.74, 6) is -0.402. The average Bonchev–Trinajstić information content (AvgIpc) is 2.77. The van der Waals surface area contributed by atoms with E-state index in [1.807, 2.05) is 66.4 Å². The van der Waals surface area contributed by atoms with Gasteiger partial charge in [0.1, 0.15) is 5.82 Å². The number of amides is 2. The molecule has 0 bridgehead atoms. The summed E-state index contributed by atoms with van der Waals surface area (Å²) in [5, 5.41) is 2.80. The monoisotopic (exact) mass is 418 g/mol. The normalized spacial score (nSPS) is 11.6. The number of nitrogens with zero attached hydrogens (tertiary/aromatic N) is 1. The van der Waals surface area contributed by atoms with Crippen LogP contribution in [0.4, 0.5) is 10.1 Å². The molecule has 3 aromatic carbocycles. The lowest BCUT2D eigenvalue weighted by molar-refractivity contribution is -0.134. The number of benzene rings is 3. The molecule has 0 radical (unpaired) electrons. The van der Waals surface area contributed by atoms with Crippen molar-refractivity contribution in [2.45, 2.75) is 39.3 Å². The molecular formula is C26H27FN2O2. The minimum absolute atomic E-state index is 0.0191. The lowest BCUT2D eigenvalue weighted by Crippen LogP contribution is -2.33. The van der Waals surface area contributed by atoms with Crippen LogP contribution >= 0.6 is 0 Å². The van der Waals surface area contributed by atoms with Gasteiger partial charge in [-0.25, -0.2) is 4.39 Å². The van der Waals surface area contributed by atoms with Gasteiger partial charge in [0.05, 0.1) is 6.04 Å². The van der Waals surface area contributed by atoms with Gasteiger partial charge in [-0.1, -0.05) is 54.6 Å². The minimum atomic E-state index is -0.284. The predicted octanol–water partition coefficient (Wildman–Crippen LogP) is 5.51. The molecule has 0 aliphatic carbocycles. The molecule has 1 unspecified atom stereocenters. The molecule has 0 spiro atoms. The van der Waals surface area contributed by atoms with Gasteiger partial charge in [-0.2, -0.15) is 0 Å². The van der Waals surface area contributed by atoms with Crippen LogP contribution in [0, 0.1) is 5.82 Å². The molecular weight excluding hydrogens is 391 g/mol. The first kappa shape index (κ1) is 22.2. The number of anilines is 1. The summed E-state index contributed by atoms with van der Waals surface area (Å²) < 4.78 is 13.2. The average molecular weight is 419 g/mol. The fourth-order valence-electron chi connectivity index (χ4n) is 3.53. The fraction of sp³-hybridized carbons (Fsp3) is 0.231. The summed E-state index contributed by atoms with van der Waals surface area (Å²) >= 11 is 0. The van der Waals surface area contributed by atoms with E-state index < -0.39 is 0 Å². The van der Waals surface area contributed by atoms with Gasteiger partial charge in [-0.3, -0.25) is 9.59 Å². The molecule has 0 fully saturated rings. The predicted molar refractivity (Wildman–Crippen MR) is 121 cm³/mol. The van der Waals surface area contributed by atoms with E-state index in [-0.39, 0.29) is 23.7 Å². The second kappa shape index (κ2) is 10.5. The highest BCUT2D eigenvalue weighted by molar-refractivity contribution is 5.88. The van der Waals surface area contributed by atoms with Crippen molar-refractivity contribution in [2.24, 2.45) is 0 Å². The molecule has 31 heavy (non-hydrogen) atoms. The molecule has 0 aliphatic heterocycles. The highest BCUT2D eigenvalue weighted by atomic mass is 19.1. The van der Waals surface area contributed by atoms with Crippen LogP contribution in [0.5, 0.6) is 0 Å². The van der Waals surface area contributed by atoms with Crippen LogP contribution in [0.25, 0.3) is 0 Å². The Kier molecular flexibility index (Phi) is 7.55. The van der Waals surface area contributed by atoms with Crippen molar-refractivity contribution in [1.82, 2.24) is 4.90 Å². The zero-order valence-electron chi connectivity index (χ0n) is 17.8. The van der Waals surface area contributed by atoms with E-state index in [1.54, 1.807) is 12.1 Å². The lowest BCUT2D eigenvalue weighted by Gasteiger charge is -2.30. The largest absolute Gasteiger partial charge is 0.332 e. The minimum Gasteiger partial charge on any atom is -0.332 e. The van der Waals surface area contributed by atoms with Crippen LogP contribution < -0.4 is 5.32 Å². The SMILES string of the molecule is CC(=O)Nc1cccc(C(C)N(Cc2ccccc2)C(=O)CCc2ccc(F)cc2)c1. The fourth-order valence-corrected chi connectivity index (χ4v) is 3.53. The number of carbonyl (C=O) groups excluding carboxylic acids is 2. The smallest absolute Gasteiger partial charge is 0.223 e. The second-order valence-corrected chi connectivity index (χ2v) is 7.62. The Bertz CT molecular complexity index is 1020. The van der Waals surface area contributed by atoms with Crippen LogP contribution in [0.1, 0.15) is 43.0 Å². The summed E-state index contributed by atoms with van der Waals surface area (Å²) in [6, 6.07) is 23.5. The quantitative estimate of drug-likeness (QED) is 0.525. The molecule has 0 heterocycles. The van der Waals surface area contributed by atoms with E-state index in [1.165, 1.54) is 19.1 Å². The Balaban J connectivity index is 1.80. The first-order valence-corrected chi connectivity index (χ1v) is 10.4. The molecule has 3 aromatic rings. The Morgan fingerprint density at radius 2 is 1.65 bits per heavy atom. The van der Waals surface area contributed by atoms with Crippen LogP contribution in [0.3, 0.4) is 0 Å². The van der Waals surface area contributed by atoms with Gasteiger partial charge in [0.25, 0.3) is 0 Å². The molecule has 4 nitrogen and oxygen atoms in total. The van der Waals surface area contributed by atoms with E-state index in [0.29, 0.717) is 25.1 Å². The number of hydrogen-bond acceptors (Lipinski definition) is 2. The van der Waals surface area contributed by atoms with Crippen molar-refractivity contribution < 1.29 is 14.0 Å². The molecule has 2 amide bonds. The van der Waals surface area contributed by atoms with Gasteiger partial charge in [0.2, 0.25) is 11.8 Å². The van der Waals surface area contributed by atoms with Crippen LogP contribution in [-0.4, -0.2) is 16.7 Å². The molecule has 0 aliphatic rings. The number of nitrogens with one attached hydrogen (secondary N) is 1. The summed E-state index contributed by atoms with van der Waals surface area (Å²) in [6.45, 7) is 3.94. The Labute approximate surface area is 182 Å². The maximum atomic E-state index is 13.2. The molecule has 0 saturated heterocycles. The standard InChI is InChI=1S/C26H27FN2O2/c1-19(23-9-6-10-25(17-23)28-20(2)30)29(18-22-7-4-3-5-8-22)26(31)16-13-21-11-14-24(27)15-12-21/h3-12,14-15,17,19H,13,16,18H2,1-2H3,(H,28,30). The second-order valence-electron chi connectivity index (χ2n) is 7.62. The van der Waals surface area contributed by atoms with Crippen LogP contribution in [0.2, 0.25) is 0 Å². The van der Waals surface area contributed by atoms with Gasteiger partial charge in [0, 0.05) is 25.6 Å². The van der Waals surface area contributed by atoms with Gasteiger partial charge < -0.3 is 10.2 Å². The number of aryl methyl sites for hydroxylation is 1. The molecule has 1 N–H and O–H groups in total. The van der Waals surface area contributed by atoms with E-state index in [4.69, 9.17) is 0 Å². The number of halogens is 1. The van der Waals surface area contributed by atoms with Gasteiger partial charge in [-0.05, 0) is 54.3 Å². The maximum absolute atomic E-state index is 13.2. The zero-order chi connectivity index (χ0) is 22.2. The van der Waals surface area contributed by atoms with Crippen LogP contribution in [-0.2, 0) is 22.6 Å². The lowest BCUT2D eigenvalue weighted by atomic mass is 10.0. The van der Waals surface area contributed by atoms with Crippen molar-refractivity contribution >= 4 is 17.5 Å². The Morgan fingerprint density at radius 3 is 2.32 bits per heavy atom. The molecule has 5 heteroatoms. The zero-order valence-corrected chi connectivity index (χ0v) is 17.8. The summed E-state index contributed by atoms with van der Waals surface area (Å²) in [5.41, 5.74) is 3.62. The van der Waals surface area contributed by atoms with Crippen molar-refractivity contribution in [2.75, 3.05) is 5.32 Å². The van der Waals surface area contributed by atoms with E-state index >= 15 is 0 Å². The Morgan fingerprint density at radius 1 is 0.935 bits per heavy atom. The van der Waals surface area contributed by atoms with Crippen molar-refractivity contribution in [3.8, 4) is 0 Å². The molecule has 1 atom stereocenters. The first-order chi connectivity index (χ1) is 14.9. The van der Waals surface area contributed by atoms with Crippen molar-refractivity contribution in [1.29, 1.82) is 0 Å². The third kappa shape index (κ3) is 6.51. The molecule has 0 saturated carbocycles. The molecule has 160 valence electrons. The third-order valence-corrected chi connectivity index (χ3v) is 5.21. The molecule has 3 rings (SSSR count). The van der Waals surface area contributed by atoms with Gasteiger partial charge in [0.15, 0.2) is 0 Å². The van der Waals surface area contributed by atoms with Gasteiger partial charge >= 0.3 is 0 Å². The summed E-state index contributed by atoms with van der Waals surface area (Å²) in [6.07, 6.45) is 0.872. The van der Waals surface area contributed by atoms with Crippen molar-refractivity contribution in [3.63, 3.8) is 0 Å². The summed E-state index contributed by atoms with van der Waals surface area (Å²) in [7, 11) is 0. The highest BCUT2D eigenvalue weighted by Gasteiger charge is 2.22. The topological polar surface area (TPSA) is 49.4 Å². The van der Waals surface area contributed by atoms with E-state index in [9.17, 15) is 14.0 Å². The van der Waals surface area contributed by atoms with Crippen LogP contribution in [0.15, 0.2) is 78.9 Å².